The van der Waals surface area contributed by atoms with Crippen molar-refractivity contribution in [3.63, 3.8) is 0 Å². The van der Waals surface area contributed by atoms with Crippen LogP contribution in [0.4, 0.5) is 10.1 Å². The number of halogens is 1. The third-order valence-corrected chi connectivity index (χ3v) is 5.07. The summed E-state index contributed by atoms with van der Waals surface area (Å²) in [5.41, 5.74) is 2.11. The van der Waals surface area contributed by atoms with Crippen LogP contribution in [0.2, 0.25) is 0 Å². The largest absolute Gasteiger partial charge is 0.309 e. The summed E-state index contributed by atoms with van der Waals surface area (Å²) in [6.07, 6.45) is 2.73. The molecular weight excluding hydrogens is 317 g/mol. The molecule has 4 nitrogen and oxygen atoms in total. The second-order valence-electron chi connectivity index (χ2n) is 6.65. The van der Waals surface area contributed by atoms with Crippen molar-refractivity contribution in [1.82, 2.24) is 4.90 Å². The molecule has 0 unspecified atom stereocenters. The molecule has 1 saturated heterocycles. The normalized spacial score (nSPS) is 21.9. The highest BCUT2D eigenvalue weighted by Crippen LogP contribution is 2.36. The molecule has 0 aliphatic carbocycles. The van der Waals surface area contributed by atoms with Crippen LogP contribution in [0.5, 0.6) is 0 Å². The van der Waals surface area contributed by atoms with Crippen LogP contribution in [-0.2, 0) is 11.2 Å². The van der Waals surface area contributed by atoms with Gasteiger partial charge in [-0.25, -0.2) is 4.39 Å². The minimum atomic E-state index is -1.96. The topological polar surface area (TPSA) is 47.3 Å². The quantitative estimate of drug-likeness (QED) is 0.792. The van der Waals surface area contributed by atoms with Crippen LogP contribution in [0, 0.1) is 11.5 Å². The van der Waals surface area contributed by atoms with E-state index in [1.54, 1.807) is 4.90 Å². The van der Waals surface area contributed by atoms with Gasteiger partial charge in [0.05, 0.1) is 6.54 Å². The second kappa shape index (κ2) is 5.89. The summed E-state index contributed by atoms with van der Waals surface area (Å²) < 4.78 is 15.0. The van der Waals surface area contributed by atoms with Gasteiger partial charge >= 0.3 is 0 Å². The number of benzene rings is 2. The molecule has 2 aromatic rings. The molecular formula is C20H18FN3O. The Morgan fingerprint density at radius 2 is 1.92 bits per heavy atom. The van der Waals surface area contributed by atoms with E-state index in [2.05, 4.69) is 6.07 Å². The molecule has 4 rings (SSSR count). The van der Waals surface area contributed by atoms with Crippen molar-refractivity contribution in [3.8, 4) is 17.3 Å². The van der Waals surface area contributed by atoms with Gasteiger partial charge in [-0.1, -0.05) is 36.4 Å². The lowest BCUT2D eigenvalue weighted by atomic mass is 10.0. The standard InChI is InChI=1S/C20H18FN3O/c21-20(9-11-23(13-20)14-22)19(25)24-10-8-17-12-16(6-7-18(17)24)15-4-2-1-3-5-15/h1-7,12H,8-11,13H2/t20-/m1/s1. The number of carbonyl (C=O) groups is 1. The lowest BCUT2D eigenvalue weighted by Crippen LogP contribution is -2.47. The van der Waals surface area contributed by atoms with Gasteiger partial charge in [0.1, 0.15) is 0 Å². The van der Waals surface area contributed by atoms with Gasteiger partial charge in [0, 0.05) is 25.2 Å². The molecule has 5 heteroatoms. The Hall–Kier alpha value is -2.87. The van der Waals surface area contributed by atoms with Gasteiger partial charge < -0.3 is 9.80 Å². The van der Waals surface area contributed by atoms with Gasteiger partial charge in [-0.3, -0.25) is 4.79 Å². The molecule has 2 heterocycles. The van der Waals surface area contributed by atoms with E-state index in [0.29, 0.717) is 13.1 Å². The van der Waals surface area contributed by atoms with E-state index in [1.165, 1.54) is 4.90 Å². The van der Waals surface area contributed by atoms with Crippen LogP contribution < -0.4 is 4.90 Å². The SMILES string of the molecule is N#CN1CC[C@](F)(C(=O)N2CCc3cc(-c4ccccc4)ccc32)C1. The van der Waals surface area contributed by atoms with Crippen LogP contribution in [0.1, 0.15) is 12.0 Å². The predicted molar refractivity (Wildman–Crippen MR) is 93.6 cm³/mol. The smallest absolute Gasteiger partial charge is 0.266 e. The Bertz CT molecular complexity index is 861. The second-order valence-corrected chi connectivity index (χ2v) is 6.65. The number of nitriles is 1. The summed E-state index contributed by atoms with van der Waals surface area (Å²) in [5.74, 6) is -0.517. The molecule has 1 atom stereocenters. The summed E-state index contributed by atoms with van der Waals surface area (Å²) in [4.78, 5) is 15.6. The fraction of sp³-hybridized carbons (Fsp3) is 0.300. The summed E-state index contributed by atoms with van der Waals surface area (Å²) in [5, 5.41) is 8.93. The van der Waals surface area contributed by atoms with Gasteiger partial charge in [-0.05, 0) is 35.2 Å². The van der Waals surface area contributed by atoms with Crippen molar-refractivity contribution in [3.05, 3.63) is 54.1 Å². The van der Waals surface area contributed by atoms with Gasteiger partial charge in [-0.15, -0.1) is 0 Å². The predicted octanol–water partition coefficient (Wildman–Crippen LogP) is 3.14. The lowest BCUT2D eigenvalue weighted by molar-refractivity contribution is -0.129. The number of rotatable bonds is 2. The van der Waals surface area contributed by atoms with E-state index in [9.17, 15) is 4.79 Å². The van der Waals surface area contributed by atoms with E-state index in [0.717, 1.165) is 28.8 Å². The Kier molecular flexibility index (Phi) is 3.69. The third kappa shape index (κ3) is 2.64. The van der Waals surface area contributed by atoms with Crippen LogP contribution in [0.25, 0.3) is 11.1 Å². The van der Waals surface area contributed by atoms with E-state index in [4.69, 9.17) is 5.26 Å². The molecule has 2 aliphatic heterocycles. The molecule has 0 aromatic heterocycles. The Labute approximate surface area is 146 Å². The average molecular weight is 335 g/mol. The summed E-state index contributed by atoms with van der Waals surface area (Å²) in [6.45, 7) is 0.646. The van der Waals surface area contributed by atoms with E-state index < -0.39 is 11.6 Å². The zero-order chi connectivity index (χ0) is 17.4. The molecule has 126 valence electrons. The van der Waals surface area contributed by atoms with Crippen molar-refractivity contribution in [2.45, 2.75) is 18.5 Å². The molecule has 2 aliphatic rings. The number of nitrogens with zero attached hydrogens (tertiary/aromatic N) is 3. The Morgan fingerprint density at radius 1 is 1.12 bits per heavy atom. The molecule has 1 fully saturated rings. The highest BCUT2D eigenvalue weighted by atomic mass is 19.1. The van der Waals surface area contributed by atoms with Crippen molar-refractivity contribution in [1.29, 1.82) is 5.26 Å². The van der Waals surface area contributed by atoms with Gasteiger partial charge in [0.25, 0.3) is 5.91 Å². The number of likely N-dealkylation sites (tertiary alicyclic amines) is 1. The average Bonchev–Trinajstić information content (AvgIpc) is 3.25. The molecule has 25 heavy (non-hydrogen) atoms. The third-order valence-electron chi connectivity index (χ3n) is 5.07. The number of hydrogen-bond donors (Lipinski definition) is 0. The first-order chi connectivity index (χ1) is 12.1. The molecule has 0 saturated carbocycles. The van der Waals surface area contributed by atoms with Crippen LogP contribution in [-0.4, -0.2) is 36.1 Å². The first-order valence-electron chi connectivity index (χ1n) is 8.45. The highest BCUT2D eigenvalue weighted by Gasteiger charge is 2.48. The fourth-order valence-electron chi connectivity index (χ4n) is 3.70. The number of alkyl halides is 1. The van der Waals surface area contributed by atoms with Crippen molar-refractivity contribution < 1.29 is 9.18 Å². The van der Waals surface area contributed by atoms with E-state index >= 15 is 4.39 Å². The monoisotopic (exact) mass is 335 g/mol. The number of carbonyl (C=O) groups excluding carboxylic acids is 1. The Morgan fingerprint density at radius 3 is 2.64 bits per heavy atom. The van der Waals surface area contributed by atoms with E-state index in [-0.39, 0.29) is 13.0 Å². The van der Waals surface area contributed by atoms with Crippen LogP contribution in [0.3, 0.4) is 0 Å². The maximum absolute atomic E-state index is 15.0. The van der Waals surface area contributed by atoms with Crippen molar-refractivity contribution in [2.75, 3.05) is 24.5 Å². The zero-order valence-electron chi connectivity index (χ0n) is 13.8. The molecule has 0 N–H and O–H groups in total. The summed E-state index contributed by atoms with van der Waals surface area (Å²) in [6, 6.07) is 16.0. The zero-order valence-corrected chi connectivity index (χ0v) is 13.8. The molecule has 1 amide bonds. The first kappa shape index (κ1) is 15.6. The van der Waals surface area contributed by atoms with Crippen LogP contribution >= 0.6 is 0 Å². The minimum Gasteiger partial charge on any atom is -0.309 e. The fourth-order valence-corrected chi connectivity index (χ4v) is 3.70. The number of anilines is 1. The highest BCUT2D eigenvalue weighted by molar-refractivity contribution is 6.01. The maximum Gasteiger partial charge on any atom is 0.266 e. The van der Waals surface area contributed by atoms with Gasteiger partial charge in [0.2, 0.25) is 5.67 Å². The molecule has 0 spiro atoms. The Balaban J connectivity index is 1.60. The van der Waals surface area contributed by atoms with E-state index in [1.807, 2.05) is 48.7 Å². The molecule has 0 bridgehead atoms. The molecule has 2 aromatic carbocycles. The number of fused-ring (bicyclic) bond motifs is 1. The maximum atomic E-state index is 15.0. The number of amides is 1. The van der Waals surface area contributed by atoms with Gasteiger partial charge in [0.15, 0.2) is 6.19 Å². The van der Waals surface area contributed by atoms with Crippen molar-refractivity contribution >= 4 is 11.6 Å². The summed E-state index contributed by atoms with van der Waals surface area (Å²) >= 11 is 0. The van der Waals surface area contributed by atoms with Crippen LogP contribution in [0.15, 0.2) is 48.5 Å². The van der Waals surface area contributed by atoms with Gasteiger partial charge in [-0.2, -0.15) is 5.26 Å². The first-order valence-corrected chi connectivity index (χ1v) is 8.45. The minimum absolute atomic E-state index is 0.0767. The lowest BCUT2D eigenvalue weighted by Gasteiger charge is -2.25. The summed E-state index contributed by atoms with van der Waals surface area (Å²) in [7, 11) is 0. The molecule has 0 radical (unpaired) electrons. The number of hydrogen-bond acceptors (Lipinski definition) is 3. The van der Waals surface area contributed by atoms with Crippen molar-refractivity contribution in [2.24, 2.45) is 0 Å².